The maximum Gasteiger partial charge on any atom is 0.223 e. The summed E-state index contributed by atoms with van der Waals surface area (Å²) in [5, 5.41) is 3.11. The second-order valence-corrected chi connectivity index (χ2v) is 7.80. The number of rotatable bonds is 5. The SMILES string of the molecule is CC(C)Cn1ccnc1CNC(=O)C1CC2CCCC(C1)C2N. The van der Waals surface area contributed by atoms with E-state index in [9.17, 15) is 4.79 Å². The lowest BCUT2D eigenvalue weighted by molar-refractivity contribution is -0.128. The molecule has 0 aliphatic heterocycles. The van der Waals surface area contributed by atoms with Gasteiger partial charge in [0.1, 0.15) is 5.82 Å². The Labute approximate surface area is 139 Å². The van der Waals surface area contributed by atoms with Gasteiger partial charge in [0.15, 0.2) is 0 Å². The first-order chi connectivity index (χ1) is 11.0. The minimum atomic E-state index is 0.138. The van der Waals surface area contributed by atoms with Gasteiger partial charge >= 0.3 is 0 Å². The molecule has 0 saturated heterocycles. The molecule has 5 heteroatoms. The lowest BCUT2D eigenvalue weighted by Crippen LogP contribution is -2.49. The van der Waals surface area contributed by atoms with E-state index in [1.165, 1.54) is 19.3 Å². The Morgan fingerprint density at radius 2 is 2.09 bits per heavy atom. The first-order valence-electron chi connectivity index (χ1n) is 9.08. The molecule has 3 rings (SSSR count). The summed E-state index contributed by atoms with van der Waals surface area (Å²) in [6, 6.07) is 0.317. The average Bonchev–Trinajstić information content (AvgIpc) is 2.91. The summed E-state index contributed by atoms with van der Waals surface area (Å²) in [5.41, 5.74) is 6.32. The zero-order chi connectivity index (χ0) is 16.4. The molecule has 2 aliphatic carbocycles. The largest absolute Gasteiger partial charge is 0.349 e. The van der Waals surface area contributed by atoms with Crippen LogP contribution in [0.1, 0.15) is 51.8 Å². The van der Waals surface area contributed by atoms with Gasteiger partial charge in [-0.15, -0.1) is 0 Å². The van der Waals surface area contributed by atoms with Gasteiger partial charge in [0.2, 0.25) is 5.91 Å². The van der Waals surface area contributed by atoms with E-state index < -0.39 is 0 Å². The monoisotopic (exact) mass is 318 g/mol. The number of nitrogens with one attached hydrogen (secondary N) is 1. The molecule has 2 bridgehead atoms. The number of imidazole rings is 1. The molecule has 2 unspecified atom stereocenters. The molecule has 128 valence electrons. The van der Waals surface area contributed by atoms with Gasteiger partial charge in [0.05, 0.1) is 6.54 Å². The van der Waals surface area contributed by atoms with Crippen molar-refractivity contribution in [2.45, 2.75) is 65.1 Å². The summed E-state index contributed by atoms with van der Waals surface area (Å²) in [7, 11) is 0. The lowest BCUT2D eigenvalue weighted by atomic mass is 9.65. The van der Waals surface area contributed by atoms with Crippen molar-refractivity contribution >= 4 is 5.91 Å². The van der Waals surface area contributed by atoms with Crippen LogP contribution in [0.4, 0.5) is 0 Å². The molecule has 2 saturated carbocycles. The summed E-state index contributed by atoms with van der Waals surface area (Å²) in [6.07, 6.45) is 9.40. The van der Waals surface area contributed by atoms with Crippen molar-refractivity contribution in [2.24, 2.45) is 29.4 Å². The smallest absolute Gasteiger partial charge is 0.223 e. The number of amides is 1. The van der Waals surface area contributed by atoms with Gasteiger partial charge in [-0.3, -0.25) is 4.79 Å². The number of hydrogen-bond donors (Lipinski definition) is 2. The molecule has 23 heavy (non-hydrogen) atoms. The third-order valence-electron chi connectivity index (χ3n) is 5.57. The second kappa shape index (κ2) is 7.04. The molecule has 2 atom stereocenters. The third kappa shape index (κ3) is 3.77. The molecule has 0 spiro atoms. The van der Waals surface area contributed by atoms with E-state index in [1.54, 1.807) is 0 Å². The fourth-order valence-corrected chi connectivity index (χ4v) is 4.38. The van der Waals surface area contributed by atoms with Crippen molar-refractivity contribution in [3.05, 3.63) is 18.2 Å². The van der Waals surface area contributed by atoms with Crippen molar-refractivity contribution in [3.8, 4) is 0 Å². The van der Waals surface area contributed by atoms with E-state index in [4.69, 9.17) is 5.73 Å². The highest BCUT2D eigenvalue weighted by Gasteiger charge is 2.40. The maximum atomic E-state index is 12.6. The zero-order valence-electron chi connectivity index (χ0n) is 14.4. The Kier molecular flexibility index (Phi) is 5.05. The van der Waals surface area contributed by atoms with Crippen molar-refractivity contribution < 1.29 is 4.79 Å². The second-order valence-electron chi connectivity index (χ2n) is 7.80. The van der Waals surface area contributed by atoms with Crippen LogP contribution in [0.5, 0.6) is 0 Å². The Hall–Kier alpha value is -1.36. The molecule has 0 radical (unpaired) electrons. The predicted molar refractivity (Wildman–Crippen MR) is 90.4 cm³/mol. The predicted octanol–water partition coefficient (Wildman–Crippen LogP) is 2.31. The number of carbonyl (C=O) groups is 1. The summed E-state index contributed by atoms with van der Waals surface area (Å²) < 4.78 is 2.14. The Morgan fingerprint density at radius 3 is 2.74 bits per heavy atom. The lowest BCUT2D eigenvalue weighted by Gasteiger charge is -2.43. The van der Waals surface area contributed by atoms with Crippen molar-refractivity contribution in [1.29, 1.82) is 0 Å². The van der Waals surface area contributed by atoms with Gasteiger partial charge in [0.25, 0.3) is 0 Å². The Morgan fingerprint density at radius 1 is 1.39 bits per heavy atom. The normalized spacial score (nSPS) is 30.4. The van der Waals surface area contributed by atoms with Crippen LogP contribution in [0.3, 0.4) is 0 Å². The van der Waals surface area contributed by atoms with Crippen molar-refractivity contribution in [2.75, 3.05) is 0 Å². The molecule has 1 aromatic rings. The van der Waals surface area contributed by atoms with E-state index in [-0.39, 0.29) is 11.8 Å². The van der Waals surface area contributed by atoms with Crippen LogP contribution < -0.4 is 11.1 Å². The van der Waals surface area contributed by atoms with Gasteiger partial charge < -0.3 is 15.6 Å². The molecule has 3 N–H and O–H groups in total. The van der Waals surface area contributed by atoms with E-state index in [0.29, 0.717) is 30.3 Å². The summed E-state index contributed by atoms with van der Waals surface area (Å²) in [5.74, 6) is 2.92. The number of carbonyl (C=O) groups excluding carboxylic acids is 1. The van der Waals surface area contributed by atoms with Gasteiger partial charge in [0, 0.05) is 30.9 Å². The third-order valence-corrected chi connectivity index (χ3v) is 5.57. The molecular formula is C18H30N4O. The summed E-state index contributed by atoms with van der Waals surface area (Å²) in [4.78, 5) is 17.0. The van der Waals surface area contributed by atoms with Crippen LogP contribution in [0.25, 0.3) is 0 Å². The average molecular weight is 318 g/mol. The first-order valence-corrected chi connectivity index (χ1v) is 9.08. The van der Waals surface area contributed by atoms with Gasteiger partial charge in [-0.1, -0.05) is 20.3 Å². The Balaban J connectivity index is 1.55. The first kappa shape index (κ1) is 16.5. The van der Waals surface area contributed by atoms with E-state index in [2.05, 4.69) is 28.7 Å². The van der Waals surface area contributed by atoms with Crippen LogP contribution in [0.2, 0.25) is 0 Å². The number of nitrogens with two attached hydrogens (primary N) is 1. The highest BCUT2D eigenvalue weighted by atomic mass is 16.1. The minimum absolute atomic E-state index is 0.138. The molecule has 5 nitrogen and oxygen atoms in total. The van der Waals surface area contributed by atoms with Crippen LogP contribution in [0.15, 0.2) is 12.4 Å². The molecule has 1 amide bonds. The van der Waals surface area contributed by atoms with Gasteiger partial charge in [-0.05, 0) is 43.4 Å². The molecule has 1 heterocycles. The van der Waals surface area contributed by atoms with Crippen LogP contribution >= 0.6 is 0 Å². The zero-order valence-corrected chi connectivity index (χ0v) is 14.4. The fourth-order valence-electron chi connectivity index (χ4n) is 4.38. The van der Waals surface area contributed by atoms with E-state index in [0.717, 1.165) is 25.2 Å². The van der Waals surface area contributed by atoms with Crippen LogP contribution in [-0.2, 0) is 17.9 Å². The fraction of sp³-hybridized carbons (Fsp3) is 0.778. The molecule has 0 aromatic carbocycles. The summed E-state index contributed by atoms with van der Waals surface area (Å²) in [6.45, 7) is 5.84. The van der Waals surface area contributed by atoms with Crippen molar-refractivity contribution in [3.63, 3.8) is 0 Å². The van der Waals surface area contributed by atoms with E-state index >= 15 is 0 Å². The number of hydrogen-bond acceptors (Lipinski definition) is 3. The van der Waals surface area contributed by atoms with E-state index in [1.807, 2.05) is 12.4 Å². The molecular weight excluding hydrogens is 288 g/mol. The van der Waals surface area contributed by atoms with Crippen LogP contribution in [0, 0.1) is 23.7 Å². The number of fused-ring (bicyclic) bond motifs is 2. The highest BCUT2D eigenvalue weighted by Crippen LogP contribution is 2.41. The maximum absolute atomic E-state index is 12.6. The highest BCUT2D eigenvalue weighted by molar-refractivity contribution is 5.78. The number of nitrogens with zero attached hydrogens (tertiary/aromatic N) is 2. The molecule has 2 aliphatic rings. The van der Waals surface area contributed by atoms with Gasteiger partial charge in [-0.2, -0.15) is 0 Å². The van der Waals surface area contributed by atoms with Crippen molar-refractivity contribution in [1.82, 2.24) is 14.9 Å². The standard InChI is InChI=1S/C18H30N4O/c1-12(2)11-22-7-6-20-16(22)10-21-18(23)15-8-13-4-3-5-14(9-15)17(13)19/h6-7,12-15,17H,3-5,8-11,19H2,1-2H3,(H,21,23). The number of aromatic nitrogens is 2. The molecule has 1 aromatic heterocycles. The topological polar surface area (TPSA) is 72.9 Å². The van der Waals surface area contributed by atoms with Crippen LogP contribution in [-0.4, -0.2) is 21.5 Å². The minimum Gasteiger partial charge on any atom is -0.349 e. The molecule has 2 fully saturated rings. The summed E-state index contributed by atoms with van der Waals surface area (Å²) >= 11 is 0. The quantitative estimate of drug-likeness (QED) is 0.875. The van der Waals surface area contributed by atoms with Gasteiger partial charge in [-0.25, -0.2) is 4.98 Å². The Bertz CT molecular complexity index is 525.